The van der Waals surface area contributed by atoms with Crippen molar-refractivity contribution >= 4 is 40.5 Å². The van der Waals surface area contributed by atoms with Crippen molar-refractivity contribution < 1.29 is 28.0 Å². The van der Waals surface area contributed by atoms with E-state index in [1.807, 2.05) is 40.4 Å². The molecule has 6 nitrogen and oxygen atoms in total. The Morgan fingerprint density at radius 3 is 2.15 bits per heavy atom. The van der Waals surface area contributed by atoms with Gasteiger partial charge >= 0.3 is 11.9 Å². The molecule has 0 rings (SSSR count). The minimum atomic E-state index is -2.15. The summed E-state index contributed by atoms with van der Waals surface area (Å²) in [6, 6.07) is 0. The van der Waals surface area contributed by atoms with Gasteiger partial charge in [-0.25, -0.2) is 9.59 Å². The van der Waals surface area contributed by atoms with Gasteiger partial charge in [0, 0.05) is 6.08 Å². The highest BCUT2D eigenvalue weighted by Crippen LogP contribution is 2.46. The van der Waals surface area contributed by atoms with Crippen LogP contribution in [0.3, 0.4) is 0 Å². The zero-order valence-electron chi connectivity index (χ0n) is 17.8. The third-order valence-corrected chi connectivity index (χ3v) is 8.92. The van der Waals surface area contributed by atoms with Gasteiger partial charge in [-0.15, -0.1) is 0 Å². The number of carboxylic acid groups (broad SMARTS) is 1. The van der Waals surface area contributed by atoms with E-state index in [4.69, 9.17) is 13.3 Å². The zero-order chi connectivity index (χ0) is 20.8. The third-order valence-electron chi connectivity index (χ3n) is 4.67. The largest absolute Gasteiger partial charge is 0.478 e. The van der Waals surface area contributed by atoms with Gasteiger partial charge in [-0.3, -0.25) is 0 Å². The predicted molar refractivity (Wildman–Crippen MR) is 112 cm³/mol. The Hall–Kier alpha value is -0.749. The van der Waals surface area contributed by atoms with Crippen LogP contribution in [0.15, 0.2) is 11.6 Å². The van der Waals surface area contributed by atoms with E-state index < -0.39 is 40.7 Å². The molecule has 1 N–H and O–H groups in total. The number of hydrogen-bond donors (Lipinski definition) is 1. The molecule has 1 unspecified atom stereocenters. The molecule has 0 bridgehead atoms. The Bertz CT molecular complexity index is 525. The van der Waals surface area contributed by atoms with Crippen molar-refractivity contribution in [3.8, 4) is 0 Å². The molecule has 0 heterocycles. The number of carboxylic acids is 1. The molecule has 0 amide bonds. The summed E-state index contributed by atoms with van der Waals surface area (Å²) in [5.74, 6) is -1.66. The van der Waals surface area contributed by atoms with Crippen LogP contribution in [-0.2, 0) is 22.9 Å². The van der Waals surface area contributed by atoms with Gasteiger partial charge in [0.2, 0.25) is 0 Å². The Morgan fingerprint density at radius 2 is 1.81 bits per heavy atom. The summed E-state index contributed by atoms with van der Waals surface area (Å²) in [5, 5.41) is 8.39. The molecule has 0 aromatic heterocycles. The van der Waals surface area contributed by atoms with E-state index in [0.717, 1.165) is 6.08 Å². The number of carbonyl (C=O) groups is 2. The summed E-state index contributed by atoms with van der Waals surface area (Å²) in [6.45, 7) is 16.4. The highest BCUT2D eigenvalue weighted by Gasteiger charge is 2.55. The summed E-state index contributed by atoms with van der Waals surface area (Å²) in [6.07, 6.45) is 1.63. The molecule has 0 saturated carbocycles. The second-order valence-electron chi connectivity index (χ2n) is 8.38. The fraction of sp³-hybridized carbons (Fsp3) is 0.765. The summed E-state index contributed by atoms with van der Waals surface area (Å²) >= 11 is 0. The molecular weight excluding hydrogens is 384 g/mol. The first-order chi connectivity index (χ1) is 11.7. The number of rotatable bonds is 11. The monoisotopic (exact) mass is 420 g/mol. The molecule has 9 heteroatoms. The molecule has 1 atom stereocenters. The fourth-order valence-electron chi connectivity index (χ4n) is 2.76. The lowest BCUT2D eigenvalue weighted by Crippen LogP contribution is -2.61. The maximum atomic E-state index is 12.9. The van der Waals surface area contributed by atoms with Gasteiger partial charge < -0.3 is 18.4 Å². The lowest BCUT2D eigenvalue weighted by atomic mass is 9.72. The van der Waals surface area contributed by atoms with Crippen LogP contribution in [-0.4, -0.2) is 57.4 Å². The summed E-state index contributed by atoms with van der Waals surface area (Å²) in [7, 11) is -3.06. The maximum Gasteiger partial charge on any atom is 0.336 e. The van der Waals surface area contributed by atoms with E-state index in [1.54, 1.807) is 0 Å². The lowest BCUT2D eigenvalue weighted by Gasteiger charge is -2.52. The van der Waals surface area contributed by atoms with E-state index in [9.17, 15) is 14.7 Å². The fourth-order valence-corrected chi connectivity index (χ4v) is 8.52. The maximum absolute atomic E-state index is 12.9. The Labute approximate surface area is 164 Å². The Kier molecular flexibility index (Phi) is 9.69. The van der Waals surface area contributed by atoms with Gasteiger partial charge in [0.15, 0.2) is 18.1 Å². The molecule has 0 radical (unpaired) electrons. The quantitative estimate of drug-likeness (QED) is 0.310. The summed E-state index contributed by atoms with van der Waals surface area (Å²) in [4.78, 5) is 24.4. The van der Waals surface area contributed by atoms with Gasteiger partial charge in [-0.1, -0.05) is 34.6 Å². The molecule has 0 aromatic carbocycles. The molecule has 0 saturated heterocycles. The van der Waals surface area contributed by atoms with E-state index in [-0.39, 0.29) is 18.1 Å². The molecule has 152 valence electrons. The van der Waals surface area contributed by atoms with Gasteiger partial charge in [0.1, 0.15) is 15.7 Å². The Balaban J connectivity index is 6.68. The third kappa shape index (κ3) is 6.45. The van der Waals surface area contributed by atoms with Crippen molar-refractivity contribution in [2.24, 2.45) is 11.3 Å². The van der Waals surface area contributed by atoms with Crippen LogP contribution >= 0.6 is 0 Å². The van der Waals surface area contributed by atoms with Crippen LogP contribution in [0.1, 0.15) is 41.0 Å². The van der Waals surface area contributed by atoms with Gasteiger partial charge in [0.05, 0.1) is 12.2 Å². The zero-order valence-corrected chi connectivity index (χ0v) is 22.2. The van der Waals surface area contributed by atoms with Crippen LogP contribution in [0.4, 0.5) is 0 Å². The normalized spacial score (nSPS) is 16.3. The first kappa shape index (κ1) is 25.3. The smallest absolute Gasteiger partial charge is 0.336 e. The van der Waals surface area contributed by atoms with Crippen molar-refractivity contribution in [3.63, 3.8) is 0 Å². The number of aliphatic carboxylic acids is 1. The van der Waals surface area contributed by atoms with E-state index in [2.05, 4.69) is 13.8 Å². The van der Waals surface area contributed by atoms with E-state index >= 15 is 0 Å². The average molecular weight is 421 g/mol. The van der Waals surface area contributed by atoms with Crippen LogP contribution in [0.5, 0.6) is 0 Å². The van der Waals surface area contributed by atoms with Gasteiger partial charge in [0.25, 0.3) is 0 Å². The van der Waals surface area contributed by atoms with Crippen LogP contribution in [0.2, 0.25) is 19.6 Å². The molecule has 0 aliphatic heterocycles. The van der Waals surface area contributed by atoms with Crippen molar-refractivity contribution in [1.82, 2.24) is 0 Å². The lowest BCUT2D eigenvalue weighted by molar-refractivity contribution is -0.143. The summed E-state index contributed by atoms with van der Waals surface area (Å²) in [5.41, 5.74) is -0.418. The van der Waals surface area contributed by atoms with E-state index in [0.29, 0.717) is 16.9 Å². The minimum absolute atomic E-state index is 0.0853. The Morgan fingerprint density at radius 1 is 1.27 bits per heavy atom. The first-order valence-corrected chi connectivity index (χ1v) is 14.6. The van der Waals surface area contributed by atoms with Crippen LogP contribution < -0.4 is 0 Å². The van der Waals surface area contributed by atoms with Crippen LogP contribution in [0, 0.1) is 11.3 Å². The highest BCUT2D eigenvalue weighted by atomic mass is 28.4. The van der Waals surface area contributed by atoms with Crippen molar-refractivity contribution in [1.29, 1.82) is 0 Å². The molecule has 0 aliphatic carbocycles. The standard InChI is InChI=1S/C17H36O6Si3/c1-9-10-21-15(20)13(11-14(18)19)17(25-23-24,22-26(6,7)8)16(4,5)12(2)3/h11-12H,9-10,25H2,1-8,24H3,(H,18,19). The number of carbonyl (C=O) groups excluding carboxylic acids is 1. The molecule has 26 heavy (non-hydrogen) atoms. The van der Waals surface area contributed by atoms with Crippen molar-refractivity contribution in [2.75, 3.05) is 6.61 Å². The highest BCUT2D eigenvalue weighted by molar-refractivity contribution is 6.70. The second-order valence-corrected chi connectivity index (χ2v) is 16.4. The first-order valence-electron chi connectivity index (χ1n) is 9.06. The number of hydrogen-bond acceptors (Lipinski definition) is 5. The summed E-state index contributed by atoms with van der Waals surface area (Å²) < 4.78 is 17.7. The second kappa shape index (κ2) is 9.98. The average Bonchev–Trinajstić information content (AvgIpc) is 2.47. The van der Waals surface area contributed by atoms with Gasteiger partial charge in [-0.2, -0.15) is 0 Å². The molecule has 0 fully saturated rings. The SMILES string of the molecule is CCCOC(=O)C(=CC(=O)O)C(O[Si](C)(C)C)([SiH2]O[SiH3])C(C)(C)C(C)C. The number of ether oxygens (including phenoxy) is 1. The number of esters is 1. The van der Waals surface area contributed by atoms with E-state index in [1.165, 1.54) is 0 Å². The molecule has 0 spiro atoms. The molecular formula is C17H36O6Si3. The van der Waals surface area contributed by atoms with Crippen molar-refractivity contribution in [3.05, 3.63) is 11.6 Å². The molecule has 0 aromatic rings. The minimum Gasteiger partial charge on any atom is -0.478 e. The predicted octanol–water partition coefficient (Wildman–Crippen LogP) is 1.56. The van der Waals surface area contributed by atoms with Gasteiger partial charge in [-0.05, 0) is 37.4 Å². The van der Waals surface area contributed by atoms with Crippen molar-refractivity contribution in [2.45, 2.75) is 65.9 Å². The topological polar surface area (TPSA) is 82.1 Å². The van der Waals surface area contributed by atoms with Crippen LogP contribution in [0.25, 0.3) is 0 Å². The molecule has 0 aliphatic rings.